The lowest BCUT2D eigenvalue weighted by Crippen LogP contribution is -2.28. The van der Waals surface area contributed by atoms with Crippen LogP contribution in [0.1, 0.15) is 24.6 Å². The van der Waals surface area contributed by atoms with Crippen LogP contribution in [0, 0.1) is 0 Å². The van der Waals surface area contributed by atoms with Crippen LogP contribution in [-0.2, 0) is 27.4 Å². The van der Waals surface area contributed by atoms with E-state index in [0.29, 0.717) is 21.5 Å². The van der Waals surface area contributed by atoms with Crippen molar-refractivity contribution >= 4 is 27.9 Å². The van der Waals surface area contributed by atoms with Gasteiger partial charge in [0.05, 0.1) is 12.1 Å². The minimum atomic E-state index is -4.35. The van der Waals surface area contributed by atoms with Gasteiger partial charge < -0.3 is 19.3 Å². The van der Waals surface area contributed by atoms with Crippen molar-refractivity contribution in [3.63, 3.8) is 0 Å². The molecule has 0 amide bonds. The largest absolute Gasteiger partial charge is 0.487 e. The normalized spacial score (nSPS) is 12.2. The molecule has 0 saturated carbocycles. The number of carboxylic acid groups (broad SMARTS) is 1. The molecule has 1 heterocycles. The highest BCUT2D eigenvalue weighted by atomic mass is 79.9. The van der Waals surface area contributed by atoms with Gasteiger partial charge in [-0.1, -0.05) is 15.9 Å². The minimum Gasteiger partial charge on any atom is -0.487 e. The highest BCUT2D eigenvalue weighted by molar-refractivity contribution is 9.10. The topological polar surface area (TPSA) is 108 Å². The summed E-state index contributed by atoms with van der Waals surface area (Å²) in [4.78, 5) is 30.3. The van der Waals surface area contributed by atoms with Crippen molar-refractivity contribution in [2.45, 2.75) is 38.7 Å². The van der Waals surface area contributed by atoms with Crippen LogP contribution in [0.5, 0.6) is 11.8 Å². The lowest BCUT2D eigenvalue weighted by molar-refractivity contribution is -0.162. The maximum atomic E-state index is 12.2. The van der Waals surface area contributed by atoms with Crippen LogP contribution < -0.4 is 9.47 Å². The quantitative estimate of drug-likeness (QED) is 0.486. The number of carbonyl (C=O) groups excluding carboxylic acids is 1. The van der Waals surface area contributed by atoms with Gasteiger partial charge >= 0.3 is 24.1 Å². The SMILES string of the molecule is CC(=O)OC(Cc1cc(Br)ccc1OCc1ccnc(OCCC(F)(F)F)n1)C(=O)O. The van der Waals surface area contributed by atoms with E-state index < -0.39 is 37.2 Å². The molecule has 1 aromatic carbocycles. The van der Waals surface area contributed by atoms with Gasteiger partial charge in [-0.3, -0.25) is 4.79 Å². The van der Waals surface area contributed by atoms with Crippen molar-refractivity contribution in [2.24, 2.45) is 0 Å². The fraction of sp³-hybridized carbons (Fsp3) is 0.368. The molecular weight excluding hydrogens is 489 g/mol. The van der Waals surface area contributed by atoms with Crippen molar-refractivity contribution in [1.82, 2.24) is 9.97 Å². The molecule has 0 saturated heterocycles. The van der Waals surface area contributed by atoms with E-state index in [2.05, 4.69) is 25.9 Å². The Balaban J connectivity index is 2.07. The number of halogens is 4. The van der Waals surface area contributed by atoms with Gasteiger partial charge in [-0.25, -0.2) is 9.78 Å². The summed E-state index contributed by atoms with van der Waals surface area (Å²) in [6.45, 7) is 0.410. The second-order valence-corrected chi connectivity index (χ2v) is 7.14. The number of ether oxygens (including phenoxy) is 3. The van der Waals surface area contributed by atoms with Gasteiger partial charge in [0.25, 0.3) is 0 Å². The summed E-state index contributed by atoms with van der Waals surface area (Å²) < 4.78 is 52.7. The second kappa shape index (κ2) is 10.9. The molecule has 31 heavy (non-hydrogen) atoms. The zero-order chi connectivity index (χ0) is 23.0. The molecular formula is C19H18BrF3N2O6. The monoisotopic (exact) mass is 506 g/mol. The molecule has 0 aliphatic carbocycles. The predicted octanol–water partition coefficient (Wildman–Crippen LogP) is 3.71. The molecule has 2 rings (SSSR count). The van der Waals surface area contributed by atoms with Crippen LogP contribution >= 0.6 is 15.9 Å². The van der Waals surface area contributed by atoms with E-state index in [1.165, 1.54) is 12.3 Å². The van der Waals surface area contributed by atoms with Gasteiger partial charge in [-0.15, -0.1) is 0 Å². The second-order valence-electron chi connectivity index (χ2n) is 6.23. The van der Waals surface area contributed by atoms with Crippen LogP contribution in [0.4, 0.5) is 13.2 Å². The van der Waals surface area contributed by atoms with Crippen molar-refractivity contribution in [1.29, 1.82) is 0 Å². The highest BCUT2D eigenvalue weighted by Gasteiger charge is 2.27. The lowest BCUT2D eigenvalue weighted by atomic mass is 10.1. The third-order valence-electron chi connectivity index (χ3n) is 3.69. The molecule has 8 nitrogen and oxygen atoms in total. The first-order valence-electron chi connectivity index (χ1n) is 8.86. The Kier molecular flexibility index (Phi) is 8.60. The van der Waals surface area contributed by atoms with Gasteiger partial charge in [-0.05, 0) is 29.8 Å². The summed E-state index contributed by atoms with van der Waals surface area (Å²) in [5.41, 5.74) is 0.791. The first-order valence-corrected chi connectivity index (χ1v) is 9.65. The molecule has 1 unspecified atom stereocenters. The molecule has 0 spiro atoms. The van der Waals surface area contributed by atoms with E-state index in [9.17, 15) is 27.9 Å². The number of carbonyl (C=O) groups is 2. The molecule has 2 aromatic rings. The smallest absolute Gasteiger partial charge is 0.392 e. The van der Waals surface area contributed by atoms with Crippen molar-refractivity contribution < 1.29 is 42.1 Å². The van der Waals surface area contributed by atoms with Crippen molar-refractivity contribution in [2.75, 3.05) is 6.61 Å². The zero-order valence-electron chi connectivity index (χ0n) is 16.2. The van der Waals surface area contributed by atoms with Gasteiger partial charge in [0.1, 0.15) is 19.0 Å². The Morgan fingerprint density at radius 2 is 1.97 bits per heavy atom. The number of rotatable bonds is 10. The molecule has 0 radical (unpaired) electrons. The first-order chi connectivity index (χ1) is 14.5. The third kappa shape index (κ3) is 8.79. The Labute approximate surface area is 183 Å². The summed E-state index contributed by atoms with van der Waals surface area (Å²) in [5.74, 6) is -1.72. The predicted molar refractivity (Wildman–Crippen MR) is 104 cm³/mol. The van der Waals surface area contributed by atoms with E-state index in [1.54, 1.807) is 18.2 Å². The van der Waals surface area contributed by atoms with Crippen LogP contribution in [-0.4, -0.2) is 45.9 Å². The Morgan fingerprint density at radius 3 is 2.61 bits per heavy atom. The summed E-state index contributed by atoms with van der Waals surface area (Å²) in [5, 5.41) is 9.27. The van der Waals surface area contributed by atoms with E-state index in [4.69, 9.17) is 14.2 Å². The van der Waals surface area contributed by atoms with Gasteiger partial charge in [0, 0.05) is 24.0 Å². The van der Waals surface area contributed by atoms with E-state index in [1.807, 2.05) is 0 Å². The summed E-state index contributed by atoms with van der Waals surface area (Å²) in [6.07, 6.45) is -5.70. The standard InChI is InChI=1S/C19H18BrF3N2O6/c1-11(26)31-16(17(27)28)9-12-8-13(20)2-3-15(12)30-10-14-4-6-24-18(25-14)29-7-5-19(21,22)23/h2-4,6,8,16H,5,7,9-10H2,1H3,(H,27,28). The number of alkyl halides is 3. The van der Waals surface area contributed by atoms with E-state index >= 15 is 0 Å². The van der Waals surface area contributed by atoms with Gasteiger partial charge in [0.2, 0.25) is 6.10 Å². The Morgan fingerprint density at radius 1 is 1.23 bits per heavy atom. The van der Waals surface area contributed by atoms with Gasteiger partial charge in [0.15, 0.2) is 0 Å². The average molecular weight is 507 g/mol. The number of aromatic nitrogens is 2. The molecule has 168 valence electrons. The average Bonchev–Trinajstić information content (AvgIpc) is 2.66. The van der Waals surface area contributed by atoms with Crippen molar-refractivity contribution in [3.05, 3.63) is 46.2 Å². The zero-order valence-corrected chi connectivity index (χ0v) is 17.8. The fourth-order valence-electron chi connectivity index (χ4n) is 2.36. The highest BCUT2D eigenvalue weighted by Crippen LogP contribution is 2.26. The minimum absolute atomic E-state index is 0.0852. The van der Waals surface area contributed by atoms with Crippen LogP contribution in [0.25, 0.3) is 0 Å². The summed E-state index contributed by atoms with van der Waals surface area (Å²) in [6, 6.07) is 6.16. The fourth-order valence-corrected chi connectivity index (χ4v) is 2.77. The molecule has 1 atom stereocenters. The van der Waals surface area contributed by atoms with Gasteiger partial charge in [-0.2, -0.15) is 18.2 Å². The van der Waals surface area contributed by atoms with Crippen molar-refractivity contribution in [3.8, 4) is 11.8 Å². The maximum absolute atomic E-state index is 12.2. The number of esters is 1. The third-order valence-corrected chi connectivity index (χ3v) is 4.19. The molecule has 0 aliphatic rings. The van der Waals surface area contributed by atoms with Crippen LogP contribution in [0.3, 0.4) is 0 Å². The lowest BCUT2D eigenvalue weighted by Gasteiger charge is -2.16. The molecule has 0 bridgehead atoms. The molecule has 1 N–H and O–H groups in total. The number of carboxylic acids is 1. The maximum Gasteiger partial charge on any atom is 0.392 e. The number of nitrogens with zero attached hydrogens (tertiary/aromatic N) is 2. The molecule has 0 fully saturated rings. The van der Waals surface area contributed by atoms with E-state index in [0.717, 1.165) is 6.92 Å². The molecule has 1 aromatic heterocycles. The first kappa shape index (κ1) is 24.4. The summed E-state index contributed by atoms with van der Waals surface area (Å²) >= 11 is 3.29. The van der Waals surface area contributed by atoms with Crippen LogP contribution in [0.15, 0.2) is 34.9 Å². The number of hydrogen-bond acceptors (Lipinski definition) is 7. The number of benzene rings is 1. The Hall–Kier alpha value is -2.89. The van der Waals surface area contributed by atoms with E-state index in [-0.39, 0.29) is 19.0 Å². The summed E-state index contributed by atoms with van der Waals surface area (Å²) in [7, 11) is 0. The Bertz CT molecular complexity index is 926. The number of hydrogen-bond donors (Lipinski definition) is 1. The van der Waals surface area contributed by atoms with Crippen LogP contribution in [0.2, 0.25) is 0 Å². The molecule has 0 aliphatic heterocycles. The number of aliphatic carboxylic acids is 1. The molecule has 12 heteroatoms.